The van der Waals surface area contributed by atoms with E-state index in [0.29, 0.717) is 29.4 Å². The standard InChI is InChI=1S/C26H30ClN3O2/c1-5-6-10-32-23-11-17-12-24(26(2,3)4)30-16-18(13-25-28-8-7-9-29-25)22(31)15-21(30)19(17)14-20(23)27/h7-9,11,14-16,24H,5-6,10,12-13H2,1-4H3. The molecule has 6 heteroatoms. The Balaban J connectivity index is 1.80. The van der Waals surface area contributed by atoms with Gasteiger partial charge in [-0.1, -0.05) is 45.7 Å². The van der Waals surface area contributed by atoms with Gasteiger partial charge in [-0.3, -0.25) is 4.79 Å². The molecule has 2 aromatic heterocycles. The average molecular weight is 452 g/mol. The van der Waals surface area contributed by atoms with Gasteiger partial charge in [-0.15, -0.1) is 0 Å². The first kappa shape index (κ1) is 22.5. The highest BCUT2D eigenvalue weighted by Crippen LogP contribution is 2.45. The average Bonchev–Trinajstić information content (AvgIpc) is 2.75. The van der Waals surface area contributed by atoms with Crippen molar-refractivity contribution in [2.45, 2.75) is 59.4 Å². The van der Waals surface area contributed by atoms with Crippen molar-refractivity contribution in [2.75, 3.05) is 6.61 Å². The van der Waals surface area contributed by atoms with Crippen molar-refractivity contribution in [3.05, 3.63) is 75.1 Å². The topological polar surface area (TPSA) is 57.0 Å². The summed E-state index contributed by atoms with van der Waals surface area (Å²) in [5.74, 6) is 1.37. The summed E-state index contributed by atoms with van der Waals surface area (Å²) in [4.78, 5) is 21.6. The van der Waals surface area contributed by atoms with Crippen LogP contribution in [-0.4, -0.2) is 21.1 Å². The van der Waals surface area contributed by atoms with Gasteiger partial charge in [-0.2, -0.15) is 0 Å². The molecular formula is C26H30ClN3O2. The predicted octanol–water partition coefficient (Wildman–Crippen LogP) is 5.87. The second-order valence-electron chi connectivity index (χ2n) is 9.52. The molecule has 0 saturated carbocycles. The van der Waals surface area contributed by atoms with E-state index in [9.17, 15) is 4.79 Å². The Hall–Kier alpha value is -2.66. The highest BCUT2D eigenvalue weighted by atomic mass is 35.5. The molecule has 0 bridgehead atoms. The number of unbranched alkanes of at least 4 members (excludes halogenated alkanes) is 1. The maximum Gasteiger partial charge on any atom is 0.185 e. The lowest BCUT2D eigenvalue weighted by Gasteiger charge is -2.39. The molecule has 0 N–H and O–H groups in total. The number of nitrogens with zero attached hydrogens (tertiary/aromatic N) is 3. The van der Waals surface area contributed by atoms with Crippen molar-refractivity contribution in [1.82, 2.24) is 14.5 Å². The third kappa shape index (κ3) is 4.58. The third-order valence-electron chi connectivity index (χ3n) is 6.06. The van der Waals surface area contributed by atoms with Crippen LogP contribution in [-0.2, 0) is 12.8 Å². The minimum absolute atomic E-state index is 0.00904. The van der Waals surface area contributed by atoms with E-state index >= 15 is 0 Å². The predicted molar refractivity (Wildman–Crippen MR) is 129 cm³/mol. The Morgan fingerprint density at radius 3 is 2.62 bits per heavy atom. The van der Waals surface area contributed by atoms with Crippen LogP contribution >= 0.6 is 11.6 Å². The van der Waals surface area contributed by atoms with Gasteiger partial charge >= 0.3 is 0 Å². The third-order valence-corrected chi connectivity index (χ3v) is 6.36. The summed E-state index contributed by atoms with van der Waals surface area (Å²) in [6, 6.07) is 7.71. The molecule has 4 rings (SSSR count). The minimum Gasteiger partial charge on any atom is -0.492 e. The summed E-state index contributed by atoms with van der Waals surface area (Å²) in [6.07, 6.45) is 8.72. The molecule has 1 atom stereocenters. The molecule has 3 heterocycles. The molecule has 1 aromatic carbocycles. The molecule has 0 saturated heterocycles. The summed E-state index contributed by atoms with van der Waals surface area (Å²) >= 11 is 6.58. The first-order valence-corrected chi connectivity index (χ1v) is 11.6. The van der Waals surface area contributed by atoms with Crippen LogP contribution in [0.4, 0.5) is 0 Å². The fourth-order valence-corrected chi connectivity index (χ4v) is 4.48. The van der Waals surface area contributed by atoms with Crippen LogP contribution in [0.1, 0.15) is 63.5 Å². The molecule has 0 radical (unpaired) electrons. The van der Waals surface area contributed by atoms with Crippen LogP contribution in [0.2, 0.25) is 5.02 Å². The molecule has 32 heavy (non-hydrogen) atoms. The van der Waals surface area contributed by atoms with E-state index < -0.39 is 0 Å². The van der Waals surface area contributed by atoms with Crippen molar-refractivity contribution in [3.63, 3.8) is 0 Å². The quantitative estimate of drug-likeness (QED) is 0.439. The van der Waals surface area contributed by atoms with E-state index in [-0.39, 0.29) is 16.9 Å². The van der Waals surface area contributed by atoms with Crippen molar-refractivity contribution < 1.29 is 4.74 Å². The Kier molecular flexibility index (Phi) is 6.38. The van der Waals surface area contributed by atoms with Crippen molar-refractivity contribution in [1.29, 1.82) is 0 Å². The Bertz CT molecular complexity index is 1170. The van der Waals surface area contributed by atoms with E-state index in [1.807, 2.05) is 12.3 Å². The van der Waals surface area contributed by atoms with Crippen molar-refractivity contribution >= 4 is 11.6 Å². The second kappa shape index (κ2) is 9.07. The van der Waals surface area contributed by atoms with Crippen molar-refractivity contribution in [2.24, 2.45) is 5.41 Å². The SMILES string of the molecule is CCCCOc1cc2c(cc1Cl)-c1cc(=O)c(Cc3ncccn3)cn1C(C(C)(C)C)C2. The molecule has 0 spiro atoms. The summed E-state index contributed by atoms with van der Waals surface area (Å²) in [5, 5.41) is 0.579. The van der Waals surface area contributed by atoms with E-state index in [0.717, 1.165) is 36.3 Å². The van der Waals surface area contributed by atoms with Crippen molar-refractivity contribution in [3.8, 4) is 17.0 Å². The number of hydrogen-bond acceptors (Lipinski definition) is 4. The molecule has 168 valence electrons. The highest BCUT2D eigenvalue weighted by Gasteiger charge is 2.33. The summed E-state index contributed by atoms with van der Waals surface area (Å²) < 4.78 is 8.19. The zero-order chi connectivity index (χ0) is 22.9. The van der Waals surface area contributed by atoms with Gasteiger partial charge in [0.1, 0.15) is 11.6 Å². The van der Waals surface area contributed by atoms with Crippen LogP contribution in [0.5, 0.6) is 5.75 Å². The second-order valence-corrected chi connectivity index (χ2v) is 9.93. The Labute approximate surface area is 194 Å². The maximum atomic E-state index is 13.1. The van der Waals surface area contributed by atoms with E-state index in [2.05, 4.69) is 48.3 Å². The van der Waals surface area contributed by atoms with Gasteiger partial charge in [-0.05, 0) is 42.0 Å². The van der Waals surface area contributed by atoms with Crippen LogP contribution in [0.15, 0.2) is 47.7 Å². The molecular weight excluding hydrogens is 422 g/mol. The zero-order valence-electron chi connectivity index (χ0n) is 19.2. The number of fused-ring (bicyclic) bond motifs is 3. The minimum atomic E-state index is -0.0105. The zero-order valence-corrected chi connectivity index (χ0v) is 19.9. The van der Waals surface area contributed by atoms with Crippen LogP contribution in [0.3, 0.4) is 0 Å². The first-order chi connectivity index (χ1) is 15.3. The maximum absolute atomic E-state index is 13.1. The van der Waals surface area contributed by atoms with E-state index in [4.69, 9.17) is 16.3 Å². The lowest BCUT2D eigenvalue weighted by molar-refractivity contribution is 0.237. The monoisotopic (exact) mass is 451 g/mol. The van der Waals surface area contributed by atoms with Gasteiger partial charge in [-0.25, -0.2) is 9.97 Å². The fourth-order valence-electron chi connectivity index (χ4n) is 4.26. The van der Waals surface area contributed by atoms with Crippen LogP contribution in [0, 0.1) is 5.41 Å². The first-order valence-electron chi connectivity index (χ1n) is 11.2. The normalized spacial score (nSPS) is 15.2. The van der Waals surface area contributed by atoms with Gasteiger partial charge in [0.05, 0.1) is 17.3 Å². The molecule has 0 fully saturated rings. The lowest BCUT2D eigenvalue weighted by atomic mass is 9.78. The molecule has 1 aliphatic rings. The molecule has 0 aliphatic carbocycles. The number of hydrogen-bond donors (Lipinski definition) is 0. The molecule has 3 aromatic rings. The van der Waals surface area contributed by atoms with Crippen LogP contribution < -0.4 is 10.2 Å². The number of ether oxygens (including phenoxy) is 1. The lowest BCUT2D eigenvalue weighted by Crippen LogP contribution is -2.32. The molecule has 5 nitrogen and oxygen atoms in total. The van der Waals surface area contributed by atoms with E-state index in [1.54, 1.807) is 24.5 Å². The molecule has 0 amide bonds. The number of aromatic nitrogens is 3. The summed E-state index contributed by atoms with van der Waals surface area (Å²) in [7, 11) is 0. The fraction of sp³-hybridized carbons (Fsp3) is 0.423. The summed E-state index contributed by atoms with van der Waals surface area (Å²) in [6.45, 7) is 9.49. The van der Waals surface area contributed by atoms with Gasteiger partial charge in [0.25, 0.3) is 0 Å². The largest absolute Gasteiger partial charge is 0.492 e. The van der Waals surface area contributed by atoms with Gasteiger partial charge < -0.3 is 9.30 Å². The number of rotatable bonds is 6. The van der Waals surface area contributed by atoms with Gasteiger partial charge in [0.15, 0.2) is 5.43 Å². The van der Waals surface area contributed by atoms with E-state index in [1.165, 1.54) is 5.56 Å². The van der Waals surface area contributed by atoms with Crippen LogP contribution in [0.25, 0.3) is 11.3 Å². The molecule has 1 aliphatic heterocycles. The Morgan fingerprint density at radius 2 is 1.94 bits per heavy atom. The summed E-state index contributed by atoms with van der Waals surface area (Å²) in [5.41, 5.74) is 3.74. The Morgan fingerprint density at radius 1 is 1.19 bits per heavy atom. The van der Waals surface area contributed by atoms with Gasteiger partial charge in [0, 0.05) is 48.2 Å². The number of benzene rings is 1. The smallest absolute Gasteiger partial charge is 0.185 e. The number of pyridine rings is 1. The molecule has 1 unspecified atom stereocenters. The highest BCUT2D eigenvalue weighted by molar-refractivity contribution is 6.32. The number of halogens is 1. The van der Waals surface area contributed by atoms with Gasteiger partial charge in [0.2, 0.25) is 0 Å².